The van der Waals surface area contributed by atoms with Crippen molar-refractivity contribution in [3.8, 4) is 5.75 Å². The second-order valence-electron chi connectivity index (χ2n) is 6.13. The third kappa shape index (κ3) is 6.70. The molecule has 27 heavy (non-hydrogen) atoms. The number of piperazine rings is 1. The molecule has 0 aromatic heterocycles. The predicted octanol–water partition coefficient (Wildman–Crippen LogP) is 3.88. The van der Waals surface area contributed by atoms with Crippen LogP contribution in [-0.4, -0.2) is 55.4 Å². The molecule has 1 unspecified atom stereocenters. The molecule has 1 aliphatic rings. The Balaban J connectivity index is 0.00000182. The number of β-amino-alcohol motifs (C(OH)–C–C–N with tert-alkyl or cyclic N) is 1. The van der Waals surface area contributed by atoms with Gasteiger partial charge in [-0.05, 0) is 24.3 Å². The number of ether oxygens (including phenoxy) is 1. The molecule has 0 spiro atoms. The largest absolute Gasteiger partial charge is 0.489 e. The maximum Gasteiger partial charge on any atom is 0.146 e. The lowest BCUT2D eigenvalue weighted by Gasteiger charge is -2.36. The number of halogens is 4. The maximum absolute atomic E-state index is 13.9. The second-order valence-corrected chi connectivity index (χ2v) is 6.54. The highest BCUT2D eigenvalue weighted by molar-refractivity contribution is 6.32. The summed E-state index contributed by atoms with van der Waals surface area (Å²) in [5.41, 5.74) is 0.643. The van der Waals surface area contributed by atoms with Crippen molar-refractivity contribution in [2.24, 2.45) is 0 Å². The Morgan fingerprint density at radius 1 is 1.00 bits per heavy atom. The van der Waals surface area contributed by atoms with Crippen LogP contribution in [0.3, 0.4) is 0 Å². The summed E-state index contributed by atoms with van der Waals surface area (Å²) >= 11 is 6.03. The fourth-order valence-electron chi connectivity index (χ4n) is 2.98. The van der Waals surface area contributed by atoms with Crippen molar-refractivity contribution >= 4 is 42.1 Å². The van der Waals surface area contributed by atoms with E-state index in [9.17, 15) is 9.50 Å². The van der Waals surface area contributed by atoms with E-state index in [4.69, 9.17) is 16.3 Å². The Kier molecular flexibility index (Phi) is 10.2. The monoisotopic (exact) mass is 436 g/mol. The van der Waals surface area contributed by atoms with Crippen LogP contribution in [0.4, 0.5) is 10.1 Å². The molecule has 150 valence electrons. The number of benzene rings is 2. The zero-order chi connectivity index (χ0) is 17.6. The lowest BCUT2D eigenvalue weighted by atomic mass is 10.2. The van der Waals surface area contributed by atoms with Crippen LogP contribution in [0.25, 0.3) is 0 Å². The molecule has 1 heterocycles. The summed E-state index contributed by atoms with van der Waals surface area (Å²) in [6, 6.07) is 14.0. The summed E-state index contributed by atoms with van der Waals surface area (Å²) in [5.74, 6) is 0.386. The molecule has 0 aliphatic carbocycles. The highest BCUT2D eigenvalue weighted by Crippen LogP contribution is 2.23. The molecule has 2 aromatic carbocycles. The highest BCUT2D eigenvalue weighted by Gasteiger charge is 2.21. The van der Waals surface area contributed by atoms with E-state index < -0.39 is 6.10 Å². The Hall–Kier alpha value is -1.24. The summed E-state index contributed by atoms with van der Waals surface area (Å²) in [5, 5.41) is 10.7. The standard InChI is InChI=1S/C19H22ClFN2O2.2ClH/c20-16-5-1-4-8-19(16)25-14-15(24)13-22-9-11-23(12-10-22)18-7-3-2-6-17(18)21;;/h1-8,15,24H,9-14H2;2*1H. The van der Waals surface area contributed by atoms with Crippen molar-refractivity contribution in [2.75, 3.05) is 44.2 Å². The highest BCUT2D eigenvalue weighted by atomic mass is 35.5. The van der Waals surface area contributed by atoms with Gasteiger partial charge in [0.1, 0.15) is 24.3 Å². The molecule has 4 nitrogen and oxygen atoms in total. The Labute approximate surface area is 176 Å². The number of para-hydroxylation sites is 2. The summed E-state index contributed by atoms with van der Waals surface area (Å²) < 4.78 is 19.4. The Morgan fingerprint density at radius 3 is 2.30 bits per heavy atom. The second kappa shape index (κ2) is 11.6. The van der Waals surface area contributed by atoms with Crippen LogP contribution >= 0.6 is 36.4 Å². The van der Waals surface area contributed by atoms with Gasteiger partial charge in [-0.15, -0.1) is 24.8 Å². The van der Waals surface area contributed by atoms with E-state index in [0.29, 0.717) is 23.0 Å². The van der Waals surface area contributed by atoms with Gasteiger partial charge in [-0.3, -0.25) is 4.90 Å². The van der Waals surface area contributed by atoms with Gasteiger partial charge < -0.3 is 14.7 Å². The van der Waals surface area contributed by atoms with Gasteiger partial charge in [0, 0.05) is 32.7 Å². The van der Waals surface area contributed by atoms with Crippen molar-refractivity contribution < 1.29 is 14.2 Å². The molecule has 0 radical (unpaired) electrons. The first-order valence-electron chi connectivity index (χ1n) is 8.40. The van der Waals surface area contributed by atoms with Crippen LogP contribution in [0.2, 0.25) is 5.02 Å². The van der Waals surface area contributed by atoms with Crippen molar-refractivity contribution in [3.63, 3.8) is 0 Å². The quantitative estimate of drug-likeness (QED) is 0.744. The van der Waals surface area contributed by atoms with E-state index >= 15 is 0 Å². The summed E-state index contributed by atoms with van der Waals surface area (Å²) in [4.78, 5) is 4.20. The average molecular weight is 438 g/mol. The maximum atomic E-state index is 13.9. The van der Waals surface area contributed by atoms with Gasteiger partial charge in [0.2, 0.25) is 0 Å². The van der Waals surface area contributed by atoms with E-state index in [1.165, 1.54) is 6.07 Å². The van der Waals surface area contributed by atoms with Crippen LogP contribution in [0.15, 0.2) is 48.5 Å². The van der Waals surface area contributed by atoms with E-state index in [-0.39, 0.29) is 37.2 Å². The average Bonchev–Trinajstić information content (AvgIpc) is 2.62. The summed E-state index contributed by atoms with van der Waals surface area (Å²) in [6.45, 7) is 3.74. The number of nitrogens with zero attached hydrogens (tertiary/aromatic N) is 2. The molecule has 1 saturated heterocycles. The number of anilines is 1. The Morgan fingerprint density at radius 2 is 1.63 bits per heavy atom. The van der Waals surface area contributed by atoms with Gasteiger partial charge in [0.25, 0.3) is 0 Å². The van der Waals surface area contributed by atoms with Gasteiger partial charge in [-0.25, -0.2) is 4.39 Å². The molecular weight excluding hydrogens is 414 g/mol. The van der Waals surface area contributed by atoms with Gasteiger partial charge in [0.15, 0.2) is 0 Å². The third-order valence-electron chi connectivity index (χ3n) is 4.30. The van der Waals surface area contributed by atoms with Gasteiger partial charge in [-0.2, -0.15) is 0 Å². The number of rotatable bonds is 6. The van der Waals surface area contributed by atoms with Crippen molar-refractivity contribution in [2.45, 2.75) is 6.10 Å². The topological polar surface area (TPSA) is 35.9 Å². The van der Waals surface area contributed by atoms with Crippen molar-refractivity contribution in [1.29, 1.82) is 0 Å². The Bertz CT molecular complexity index is 700. The first-order chi connectivity index (χ1) is 12.1. The third-order valence-corrected chi connectivity index (χ3v) is 4.61. The van der Waals surface area contributed by atoms with Crippen molar-refractivity contribution in [1.82, 2.24) is 4.90 Å². The molecule has 0 saturated carbocycles. The molecule has 0 amide bonds. The van der Waals surface area contributed by atoms with E-state index in [1.807, 2.05) is 23.1 Å². The number of aliphatic hydroxyl groups is 1. The minimum absolute atomic E-state index is 0. The molecule has 0 bridgehead atoms. The summed E-state index contributed by atoms with van der Waals surface area (Å²) in [6.07, 6.45) is -0.601. The number of hydrogen-bond donors (Lipinski definition) is 1. The molecular formula is C19H24Cl3FN2O2. The predicted molar refractivity (Wildman–Crippen MR) is 113 cm³/mol. The van der Waals surface area contributed by atoms with Gasteiger partial charge in [0.05, 0.1) is 10.7 Å². The van der Waals surface area contributed by atoms with Crippen LogP contribution < -0.4 is 9.64 Å². The van der Waals surface area contributed by atoms with E-state index in [0.717, 1.165) is 26.2 Å². The zero-order valence-corrected chi connectivity index (χ0v) is 17.2. The van der Waals surface area contributed by atoms with Crippen molar-refractivity contribution in [3.05, 3.63) is 59.4 Å². The van der Waals surface area contributed by atoms with Crippen LogP contribution in [-0.2, 0) is 0 Å². The normalized spacial score (nSPS) is 15.4. The molecule has 1 aliphatic heterocycles. The molecule has 2 aromatic rings. The van der Waals surface area contributed by atoms with Gasteiger partial charge in [-0.1, -0.05) is 35.9 Å². The fourth-order valence-corrected chi connectivity index (χ4v) is 3.17. The molecule has 3 rings (SSSR count). The van der Waals surface area contributed by atoms with E-state index in [2.05, 4.69) is 4.90 Å². The minimum atomic E-state index is -0.601. The first kappa shape index (κ1) is 23.8. The smallest absolute Gasteiger partial charge is 0.146 e. The van der Waals surface area contributed by atoms with Crippen LogP contribution in [0.1, 0.15) is 0 Å². The lowest BCUT2D eigenvalue weighted by Crippen LogP contribution is -2.49. The number of aliphatic hydroxyl groups excluding tert-OH is 1. The fraction of sp³-hybridized carbons (Fsp3) is 0.368. The first-order valence-corrected chi connectivity index (χ1v) is 8.78. The molecule has 1 N–H and O–H groups in total. The SMILES string of the molecule is Cl.Cl.OC(COc1ccccc1Cl)CN1CCN(c2ccccc2F)CC1. The minimum Gasteiger partial charge on any atom is -0.489 e. The zero-order valence-electron chi connectivity index (χ0n) is 14.8. The van der Waals surface area contributed by atoms with Crippen LogP contribution in [0.5, 0.6) is 5.75 Å². The van der Waals surface area contributed by atoms with Gasteiger partial charge >= 0.3 is 0 Å². The van der Waals surface area contributed by atoms with Crippen LogP contribution in [0, 0.1) is 5.82 Å². The lowest BCUT2D eigenvalue weighted by molar-refractivity contribution is 0.0663. The molecule has 8 heteroatoms. The molecule has 1 atom stereocenters. The number of hydrogen-bond acceptors (Lipinski definition) is 4. The summed E-state index contributed by atoms with van der Waals surface area (Å²) in [7, 11) is 0. The molecule has 1 fully saturated rings. The van der Waals surface area contributed by atoms with E-state index in [1.54, 1.807) is 24.3 Å².